The van der Waals surface area contributed by atoms with Crippen molar-refractivity contribution in [2.24, 2.45) is 0 Å². The molecular weight excluding hydrogens is 567 g/mol. The Morgan fingerprint density at radius 1 is 0.512 bits per heavy atom. The fraction of sp³-hybridized carbons (Fsp3) is 0.941. The van der Waals surface area contributed by atoms with Gasteiger partial charge in [0.15, 0.2) is 6.10 Å². The van der Waals surface area contributed by atoms with Crippen LogP contribution < -0.4 is 0 Å². The Bertz CT molecular complexity index is 681. The lowest BCUT2D eigenvalue weighted by Crippen LogP contribution is -2.29. The molecule has 0 fully saturated rings. The molecule has 0 radical (unpaired) electrons. The molecule has 0 heterocycles. The average Bonchev–Trinajstić information content (AvgIpc) is 2.97. The number of phosphoric acid groups is 1. The maximum absolute atomic E-state index is 12.3. The zero-order valence-corrected chi connectivity index (χ0v) is 28.8. The Morgan fingerprint density at radius 3 is 1.19 bits per heavy atom. The van der Waals surface area contributed by atoms with Crippen LogP contribution in [0.25, 0.3) is 0 Å². The van der Waals surface area contributed by atoms with Crippen LogP contribution in [0, 0.1) is 0 Å². The summed E-state index contributed by atoms with van der Waals surface area (Å²) in [6.45, 7) is 3.67. The SMILES string of the molecule is CCCCCCCCCCCCCCCCCC(=O)OC[C@H](COP(=O)(O)O)OC(=O)CCCCCCCCCCCC. The van der Waals surface area contributed by atoms with Crippen molar-refractivity contribution in [2.75, 3.05) is 13.2 Å². The van der Waals surface area contributed by atoms with E-state index in [1.807, 2.05) is 0 Å². The molecule has 0 bridgehead atoms. The summed E-state index contributed by atoms with van der Waals surface area (Å²) in [4.78, 5) is 42.5. The molecule has 0 saturated carbocycles. The monoisotopic (exact) mass is 634 g/mol. The Labute approximate surface area is 264 Å². The van der Waals surface area contributed by atoms with Crippen LogP contribution in [0.2, 0.25) is 0 Å². The summed E-state index contributed by atoms with van der Waals surface area (Å²) >= 11 is 0. The highest BCUT2D eigenvalue weighted by Crippen LogP contribution is 2.36. The van der Waals surface area contributed by atoms with E-state index in [1.165, 1.54) is 116 Å². The highest BCUT2D eigenvalue weighted by Gasteiger charge is 2.22. The number of unbranched alkanes of at least 4 members (excludes halogenated alkanes) is 23. The quantitative estimate of drug-likeness (QED) is 0.0416. The third-order valence-corrected chi connectivity index (χ3v) is 8.36. The van der Waals surface area contributed by atoms with Gasteiger partial charge in [-0.25, -0.2) is 4.57 Å². The fourth-order valence-corrected chi connectivity index (χ4v) is 5.56. The molecule has 2 N–H and O–H groups in total. The minimum absolute atomic E-state index is 0.218. The first kappa shape index (κ1) is 42.0. The average molecular weight is 635 g/mol. The molecule has 1 atom stereocenters. The molecule has 8 nitrogen and oxygen atoms in total. The van der Waals surface area contributed by atoms with Gasteiger partial charge in [0, 0.05) is 12.8 Å². The first-order valence-electron chi connectivity index (χ1n) is 17.8. The van der Waals surface area contributed by atoms with Crippen LogP contribution in [0.15, 0.2) is 0 Å². The van der Waals surface area contributed by atoms with Gasteiger partial charge in [-0.1, -0.05) is 162 Å². The van der Waals surface area contributed by atoms with Crippen molar-refractivity contribution in [3.05, 3.63) is 0 Å². The Balaban J connectivity index is 3.92. The minimum Gasteiger partial charge on any atom is -0.462 e. The van der Waals surface area contributed by atoms with Crippen molar-refractivity contribution in [1.29, 1.82) is 0 Å². The van der Waals surface area contributed by atoms with E-state index in [4.69, 9.17) is 19.3 Å². The number of hydrogen-bond acceptors (Lipinski definition) is 6. The molecule has 9 heteroatoms. The first-order chi connectivity index (χ1) is 20.8. The number of phosphoric ester groups is 1. The largest absolute Gasteiger partial charge is 0.469 e. The molecule has 0 aromatic rings. The van der Waals surface area contributed by atoms with Gasteiger partial charge in [0.25, 0.3) is 0 Å². The van der Waals surface area contributed by atoms with Crippen molar-refractivity contribution in [3.8, 4) is 0 Å². The molecule has 0 aliphatic heterocycles. The van der Waals surface area contributed by atoms with Crippen molar-refractivity contribution in [1.82, 2.24) is 0 Å². The second kappa shape index (κ2) is 31.0. The first-order valence-corrected chi connectivity index (χ1v) is 19.4. The molecular formula is C34H67O8P. The number of rotatable bonds is 33. The molecule has 256 valence electrons. The Kier molecular flexibility index (Phi) is 30.4. The molecule has 0 amide bonds. The van der Waals surface area contributed by atoms with Gasteiger partial charge in [0.1, 0.15) is 6.61 Å². The van der Waals surface area contributed by atoms with Crippen LogP contribution >= 0.6 is 7.82 Å². The normalized spacial score (nSPS) is 12.4. The van der Waals surface area contributed by atoms with Crippen LogP contribution in [-0.4, -0.2) is 41.0 Å². The van der Waals surface area contributed by atoms with Crippen molar-refractivity contribution in [2.45, 2.75) is 193 Å². The van der Waals surface area contributed by atoms with E-state index in [1.54, 1.807) is 0 Å². The fourth-order valence-electron chi connectivity index (χ4n) is 5.20. The van der Waals surface area contributed by atoms with Crippen LogP contribution in [-0.2, 0) is 28.2 Å². The van der Waals surface area contributed by atoms with E-state index in [0.29, 0.717) is 6.42 Å². The van der Waals surface area contributed by atoms with E-state index in [0.717, 1.165) is 38.5 Å². The summed E-state index contributed by atoms with van der Waals surface area (Å²) in [6.07, 6.45) is 29.7. The van der Waals surface area contributed by atoms with E-state index in [-0.39, 0.29) is 19.4 Å². The number of ether oxygens (including phenoxy) is 2. The van der Waals surface area contributed by atoms with Crippen LogP contribution in [0.1, 0.15) is 187 Å². The summed E-state index contributed by atoms with van der Waals surface area (Å²) in [5.74, 6) is -0.876. The summed E-state index contributed by atoms with van der Waals surface area (Å²) in [5.41, 5.74) is 0. The molecule has 0 saturated heterocycles. The molecule has 0 rings (SSSR count). The maximum atomic E-state index is 12.3. The molecule has 0 aromatic heterocycles. The standard InChI is InChI=1S/C34H67O8P/c1-3-5-7-9-11-13-15-16-17-18-19-21-22-24-26-28-33(35)40-30-32(31-41-43(37,38)39)42-34(36)29-27-25-23-20-14-12-10-8-6-4-2/h32H,3-31H2,1-2H3,(H2,37,38,39)/t32-/m1/s1. The zero-order chi connectivity index (χ0) is 31.9. The molecule has 0 spiro atoms. The lowest BCUT2D eigenvalue weighted by molar-refractivity contribution is -0.161. The lowest BCUT2D eigenvalue weighted by atomic mass is 10.0. The maximum Gasteiger partial charge on any atom is 0.469 e. The van der Waals surface area contributed by atoms with Crippen LogP contribution in [0.4, 0.5) is 0 Å². The molecule has 0 aliphatic rings. The van der Waals surface area contributed by atoms with Gasteiger partial charge in [0.05, 0.1) is 6.61 Å². The van der Waals surface area contributed by atoms with E-state index in [2.05, 4.69) is 18.4 Å². The topological polar surface area (TPSA) is 119 Å². The van der Waals surface area contributed by atoms with Crippen molar-refractivity contribution < 1.29 is 37.9 Å². The Hall–Kier alpha value is -0.950. The summed E-state index contributed by atoms with van der Waals surface area (Å²) < 4.78 is 26.2. The molecule has 43 heavy (non-hydrogen) atoms. The highest BCUT2D eigenvalue weighted by atomic mass is 31.2. The van der Waals surface area contributed by atoms with Gasteiger partial charge < -0.3 is 19.3 Å². The van der Waals surface area contributed by atoms with E-state index < -0.39 is 32.5 Å². The predicted octanol–water partition coefficient (Wildman–Crippen LogP) is 10.1. The van der Waals surface area contributed by atoms with Gasteiger partial charge in [-0.05, 0) is 12.8 Å². The molecule has 0 aliphatic carbocycles. The second-order valence-electron chi connectivity index (χ2n) is 12.2. The third-order valence-electron chi connectivity index (χ3n) is 7.88. The van der Waals surface area contributed by atoms with Gasteiger partial charge in [-0.2, -0.15) is 0 Å². The third kappa shape index (κ3) is 33.8. The van der Waals surface area contributed by atoms with Gasteiger partial charge >= 0.3 is 19.8 Å². The number of esters is 2. The number of carbonyl (C=O) groups excluding carboxylic acids is 2. The van der Waals surface area contributed by atoms with E-state index in [9.17, 15) is 14.2 Å². The van der Waals surface area contributed by atoms with Gasteiger partial charge in [0.2, 0.25) is 0 Å². The Morgan fingerprint density at radius 2 is 0.837 bits per heavy atom. The summed E-state index contributed by atoms with van der Waals surface area (Å²) in [6, 6.07) is 0. The molecule has 0 unspecified atom stereocenters. The molecule has 0 aromatic carbocycles. The smallest absolute Gasteiger partial charge is 0.462 e. The van der Waals surface area contributed by atoms with Crippen molar-refractivity contribution in [3.63, 3.8) is 0 Å². The predicted molar refractivity (Wildman–Crippen MR) is 175 cm³/mol. The van der Waals surface area contributed by atoms with Gasteiger partial charge in [-0.15, -0.1) is 0 Å². The van der Waals surface area contributed by atoms with E-state index >= 15 is 0 Å². The minimum atomic E-state index is -4.73. The van der Waals surface area contributed by atoms with Crippen molar-refractivity contribution >= 4 is 19.8 Å². The number of hydrogen-bond donors (Lipinski definition) is 2. The number of carbonyl (C=O) groups is 2. The summed E-state index contributed by atoms with van der Waals surface area (Å²) in [5, 5.41) is 0. The highest BCUT2D eigenvalue weighted by molar-refractivity contribution is 7.46. The van der Waals surface area contributed by atoms with Crippen LogP contribution in [0.5, 0.6) is 0 Å². The lowest BCUT2D eigenvalue weighted by Gasteiger charge is -2.18. The van der Waals surface area contributed by atoms with Gasteiger partial charge in [-0.3, -0.25) is 14.1 Å². The zero-order valence-electron chi connectivity index (χ0n) is 27.9. The second-order valence-corrected chi connectivity index (χ2v) is 13.5. The van der Waals surface area contributed by atoms with Crippen LogP contribution in [0.3, 0.4) is 0 Å². The summed E-state index contributed by atoms with van der Waals surface area (Å²) in [7, 11) is -4.73.